The Labute approximate surface area is 113 Å². The lowest BCUT2D eigenvalue weighted by molar-refractivity contribution is -0.145. The molecule has 19 heavy (non-hydrogen) atoms. The van der Waals surface area contributed by atoms with Crippen LogP contribution in [0.15, 0.2) is 54.9 Å². The van der Waals surface area contributed by atoms with Crippen LogP contribution in [0.2, 0.25) is 0 Å². The zero-order chi connectivity index (χ0) is 13.3. The number of nitrogens with zero attached hydrogens (tertiary/aromatic N) is 1. The van der Waals surface area contributed by atoms with E-state index in [2.05, 4.69) is 4.98 Å². The van der Waals surface area contributed by atoms with Crippen LogP contribution in [0.4, 0.5) is 0 Å². The van der Waals surface area contributed by atoms with Gasteiger partial charge in [-0.05, 0) is 30.0 Å². The highest BCUT2D eigenvalue weighted by Gasteiger charge is 2.03. The van der Waals surface area contributed by atoms with Crippen molar-refractivity contribution in [2.45, 2.75) is 25.9 Å². The number of aromatic nitrogens is 1. The molecule has 0 unspecified atom stereocenters. The molecule has 2 aromatic rings. The first kappa shape index (κ1) is 13.3. The Balaban J connectivity index is 1.65. The van der Waals surface area contributed by atoms with Crippen LogP contribution in [0.1, 0.15) is 24.0 Å². The maximum absolute atomic E-state index is 11.6. The molecule has 0 N–H and O–H groups in total. The Morgan fingerprint density at radius 1 is 1.05 bits per heavy atom. The molecule has 1 aromatic heterocycles. The third-order valence-electron chi connectivity index (χ3n) is 2.81. The van der Waals surface area contributed by atoms with Gasteiger partial charge in [-0.2, -0.15) is 0 Å². The number of carbonyl (C=O) groups excluding carboxylic acids is 1. The quantitative estimate of drug-likeness (QED) is 0.744. The fraction of sp³-hybridized carbons (Fsp3) is 0.250. The van der Waals surface area contributed by atoms with Crippen molar-refractivity contribution in [1.29, 1.82) is 0 Å². The molecule has 3 heteroatoms. The summed E-state index contributed by atoms with van der Waals surface area (Å²) >= 11 is 0. The molecule has 3 nitrogen and oxygen atoms in total. The van der Waals surface area contributed by atoms with Gasteiger partial charge < -0.3 is 4.74 Å². The number of pyridine rings is 1. The SMILES string of the molecule is O=C(CCCc1cccnc1)OCc1ccccc1. The van der Waals surface area contributed by atoms with Crippen LogP contribution >= 0.6 is 0 Å². The highest BCUT2D eigenvalue weighted by atomic mass is 16.5. The first-order valence-corrected chi connectivity index (χ1v) is 6.43. The van der Waals surface area contributed by atoms with Crippen molar-refractivity contribution in [3.05, 3.63) is 66.0 Å². The van der Waals surface area contributed by atoms with Gasteiger partial charge in [0.15, 0.2) is 0 Å². The van der Waals surface area contributed by atoms with Crippen LogP contribution < -0.4 is 0 Å². The Morgan fingerprint density at radius 3 is 2.58 bits per heavy atom. The predicted octanol–water partition coefficient (Wildman–Crippen LogP) is 3.15. The summed E-state index contributed by atoms with van der Waals surface area (Å²) in [6, 6.07) is 13.6. The van der Waals surface area contributed by atoms with E-state index in [0.717, 1.165) is 24.0 Å². The summed E-state index contributed by atoms with van der Waals surface area (Å²) in [6.45, 7) is 0.354. The molecular formula is C16H17NO2. The third-order valence-corrected chi connectivity index (χ3v) is 2.81. The molecule has 0 atom stereocenters. The third kappa shape index (κ3) is 4.92. The van der Waals surface area contributed by atoms with Gasteiger partial charge in [0, 0.05) is 18.8 Å². The Bertz CT molecular complexity index is 497. The molecule has 0 aliphatic rings. The summed E-state index contributed by atoms with van der Waals surface area (Å²) in [5.41, 5.74) is 2.17. The fourth-order valence-corrected chi connectivity index (χ4v) is 1.79. The number of ether oxygens (including phenoxy) is 1. The van der Waals surface area contributed by atoms with Gasteiger partial charge in [-0.1, -0.05) is 36.4 Å². The normalized spacial score (nSPS) is 10.1. The van der Waals surface area contributed by atoms with E-state index in [0.29, 0.717) is 13.0 Å². The molecule has 0 radical (unpaired) electrons. The molecular weight excluding hydrogens is 238 g/mol. The maximum Gasteiger partial charge on any atom is 0.306 e. The van der Waals surface area contributed by atoms with E-state index >= 15 is 0 Å². The lowest BCUT2D eigenvalue weighted by Crippen LogP contribution is -2.05. The van der Waals surface area contributed by atoms with Gasteiger partial charge in [0.25, 0.3) is 0 Å². The van der Waals surface area contributed by atoms with Crippen LogP contribution in [0, 0.1) is 0 Å². The minimum Gasteiger partial charge on any atom is -0.461 e. The summed E-state index contributed by atoms with van der Waals surface area (Å²) in [4.78, 5) is 15.6. The second kappa shape index (κ2) is 7.31. The molecule has 2 rings (SSSR count). The lowest BCUT2D eigenvalue weighted by atomic mass is 10.1. The van der Waals surface area contributed by atoms with Crippen LogP contribution in [-0.4, -0.2) is 11.0 Å². The number of rotatable bonds is 6. The molecule has 0 aliphatic heterocycles. The number of benzene rings is 1. The van der Waals surface area contributed by atoms with Crippen molar-refractivity contribution in [3.8, 4) is 0 Å². The van der Waals surface area contributed by atoms with Gasteiger partial charge in [0.05, 0.1) is 0 Å². The van der Waals surface area contributed by atoms with E-state index in [4.69, 9.17) is 4.74 Å². The predicted molar refractivity (Wildman–Crippen MR) is 73.4 cm³/mol. The van der Waals surface area contributed by atoms with E-state index in [1.54, 1.807) is 6.20 Å². The molecule has 0 aliphatic carbocycles. The van der Waals surface area contributed by atoms with Crippen molar-refractivity contribution >= 4 is 5.97 Å². The van der Waals surface area contributed by atoms with Gasteiger partial charge >= 0.3 is 5.97 Å². The highest BCUT2D eigenvalue weighted by Crippen LogP contribution is 2.06. The van der Waals surface area contributed by atoms with E-state index < -0.39 is 0 Å². The Hall–Kier alpha value is -2.16. The van der Waals surface area contributed by atoms with Crippen LogP contribution in [0.5, 0.6) is 0 Å². The van der Waals surface area contributed by atoms with Crippen LogP contribution in [0.25, 0.3) is 0 Å². The van der Waals surface area contributed by atoms with Gasteiger partial charge in [-0.15, -0.1) is 0 Å². The maximum atomic E-state index is 11.6. The second-order valence-corrected chi connectivity index (χ2v) is 4.36. The smallest absolute Gasteiger partial charge is 0.306 e. The molecule has 0 bridgehead atoms. The zero-order valence-corrected chi connectivity index (χ0v) is 10.8. The summed E-state index contributed by atoms with van der Waals surface area (Å²) in [5, 5.41) is 0. The molecule has 1 aromatic carbocycles. The summed E-state index contributed by atoms with van der Waals surface area (Å²) in [6.07, 6.45) is 5.67. The molecule has 98 valence electrons. The minimum absolute atomic E-state index is 0.146. The number of hydrogen-bond donors (Lipinski definition) is 0. The molecule has 0 spiro atoms. The molecule has 0 saturated heterocycles. The van der Waals surface area contributed by atoms with E-state index in [-0.39, 0.29) is 5.97 Å². The monoisotopic (exact) mass is 255 g/mol. The van der Waals surface area contributed by atoms with E-state index in [1.807, 2.05) is 48.7 Å². The molecule has 1 heterocycles. The molecule has 0 amide bonds. The summed E-state index contributed by atoms with van der Waals surface area (Å²) in [7, 11) is 0. The summed E-state index contributed by atoms with van der Waals surface area (Å²) < 4.78 is 5.21. The Kier molecular flexibility index (Phi) is 5.11. The van der Waals surface area contributed by atoms with Crippen molar-refractivity contribution in [1.82, 2.24) is 4.98 Å². The standard InChI is InChI=1S/C16H17NO2/c18-16(19-13-15-6-2-1-3-7-15)10-4-8-14-9-5-11-17-12-14/h1-3,5-7,9,11-12H,4,8,10,13H2. The first-order valence-electron chi connectivity index (χ1n) is 6.43. The topological polar surface area (TPSA) is 39.2 Å². The van der Waals surface area contributed by atoms with E-state index in [9.17, 15) is 4.79 Å². The second-order valence-electron chi connectivity index (χ2n) is 4.36. The average molecular weight is 255 g/mol. The van der Waals surface area contributed by atoms with Crippen molar-refractivity contribution in [2.75, 3.05) is 0 Å². The van der Waals surface area contributed by atoms with Crippen LogP contribution in [0.3, 0.4) is 0 Å². The van der Waals surface area contributed by atoms with Crippen molar-refractivity contribution in [2.24, 2.45) is 0 Å². The zero-order valence-electron chi connectivity index (χ0n) is 10.8. The van der Waals surface area contributed by atoms with Gasteiger partial charge in [-0.25, -0.2) is 0 Å². The number of aryl methyl sites for hydroxylation is 1. The van der Waals surface area contributed by atoms with Gasteiger partial charge in [0.2, 0.25) is 0 Å². The molecule has 0 fully saturated rings. The number of hydrogen-bond acceptors (Lipinski definition) is 3. The van der Waals surface area contributed by atoms with Crippen molar-refractivity contribution in [3.63, 3.8) is 0 Å². The van der Waals surface area contributed by atoms with Crippen LogP contribution in [-0.2, 0) is 22.6 Å². The van der Waals surface area contributed by atoms with Gasteiger partial charge in [-0.3, -0.25) is 9.78 Å². The highest BCUT2D eigenvalue weighted by molar-refractivity contribution is 5.69. The largest absolute Gasteiger partial charge is 0.461 e. The minimum atomic E-state index is -0.146. The number of esters is 1. The van der Waals surface area contributed by atoms with E-state index in [1.165, 1.54) is 0 Å². The average Bonchev–Trinajstić information content (AvgIpc) is 2.47. The number of carbonyl (C=O) groups is 1. The van der Waals surface area contributed by atoms with Gasteiger partial charge in [0.1, 0.15) is 6.61 Å². The van der Waals surface area contributed by atoms with Crippen molar-refractivity contribution < 1.29 is 9.53 Å². The Morgan fingerprint density at radius 2 is 1.84 bits per heavy atom. The molecule has 0 saturated carbocycles. The lowest BCUT2D eigenvalue weighted by Gasteiger charge is -2.05. The first-order chi connectivity index (χ1) is 9.34. The summed E-state index contributed by atoms with van der Waals surface area (Å²) in [5.74, 6) is -0.146. The fourth-order valence-electron chi connectivity index (χ4n) is 1.79.